The Labute approximate surface area is 112 Å². The third-order valence-electron chi connectivity index (χ3n) is 2.33. The van der Waals surface area contributed by atoms with Crippen LogP contribution >= 0.6 is 22.6 Å². The van der Waals surface area contributed by atoms with Crippen molar-refractivity contribution in [2.75, 3.05) is 21.3 Å². The molecule has 1 aromatic rings. The van der Waals surface area contributed by atoms with E-state index >= 15 is 0 Å². The molecule has 0 radical (unpaired) electrons. The van der Waals surface area contributed by atoms with Crippen LogP contribution in [0.2, 0.25) is 0 Å². The van der Waals surface area contributed by atoms with Crippen LogP contribution in [0.4, 0.5) is 4.39 Å². The maximum Gasteiger partial charge on any atom is 0.339 e. The lowest BCUT2D eigenvalue weighted by Crippen LogP contribution is -2.11. The highest BCUT2D eigenvalue weighted by Crippen LogP contribution is 2.39. The molecule has 0 N–H and O–H groups in total. The molecular weight excluding hydrogens is 342 g/mol. The smallest absolute Gasteiger partial charge is 0.339 e. The fraction of sp³-hybridized carbons (Fsp3) is 0.364. The van der Waals surface area contributed by atoms with Gasteiger partial charge in [0.05, 0.1) is 30.5 Å². The molecule has 4 nitrogen and oxygen atoms in total. The predicted octanol–water partition coefficient (Wildman–Crippen LogP) is 2.54. The van der Waals surface area contributed by atoms with Crippen molar-refractivity contribution in [1.82, 2.24) is 0 Å². The van der Waals surface area contributed by atoms with Crippen molar-refractivity contribution in [1.29, 1.82) is 0 Å². The average Bonchev–Trinajstić information content (AvgIpc) is 2.33. The summed E-state index contributed by atoms with van der Waals surface area (Å²) < 4.78 is 28.7. The molecule has 0 atom stereocenters. The molecule has 1 rings (SSSR count). The van der Waals surface area contributed by atoms with E-state index < -0.39 is 11.8 Å². The molecule has 0 fully saturated rings. The van der Waals surface area contributed by atoms with E-state index in [-0.39, 0.29) is 20.6 Å². The number of hydrogen-bond acceptors (Lipinski definition) is 4. The van der Waals surface area contributed by atoms with Crippen LogP contribution in [-0.4, -0.2) is 27.3 Å². The lowest BCUT2D eigenvalue weighted by molar-refractivity contribution is 0.0597. The fourth-order valence-electron chi connectivity index (χ4n) is 1.53. The summed E-state index contributed by atoms with van der Waals surface area (Å²) in [5, 5.41) is 0. The minimum absolute atomic E-state index is 0.0120. The van der Waals surface area contributed by atoms with Gasteiger partial charge in [-0.25, -0.2) is 9.18 Å². The minimum Gasteiger partial charge on any atom is -0.492 e. The molecule has 0 aliphatic rings. The predicted molar refractivity (Wildman–Crippen MR) is 68.3 cm³/mol. The number of hydrogen-bond donors (Lipinski definition) is 0. The van der Waals surface area contributed by atoms with E-state index in [1.807, 2.05) is 0 Å². The summed E-state index contributed by atoms with van der Waals surface area (Å²) in [5.74, 6) is -1.05. The number of methoxy groups -OCH3 is 3. The Morgan fingerprint density at radius 2 is 1.71 bits per heavy atom. The third-order valence-corrected chi connectivity index (χ3v) is 3.34. The SMILES string of the molecule is COC(=O)c1c(C)c(OC)c(OC)c(F)c1I. The highest BCUT2D eigenvalue weighted by molar-refractivity contribution is 14.1. The van der Waals surface area contributed by atoms with Gasteiger partial charge in [0.1, 0.15) is 0 Å². The minimum atomic E-state index is -0.629. The van der Waals surface area contributed by atoms with Gasteiger partial charge >= 0.3 is 5.97 Å². The van der Waals surface area contributed by atoms with Crippen molar-refractivity contribution in [2.24, 2.45) is 0 Å². The van der Waals surface area contributed by atoms with Gasteiger partial charge in [0, 0.05) is 5.56 Å². The van der Waals surface area contributed by atoms with Crippen molar-refractivity contribution in [3.8, 4) is 11.5 Å². The van der Waals surface area contributed by atoms with Gasteiger partial charge in [-0.3, -0.25) is 0 Å². The number of ether oxygens (including phenoxy) is 3. The first-order valence-electron chi connectivity index (χ1n) is 4.67. The lowest BCUT2D eigenvalue weighted by atomic mass is 10.1. The van der Waals surface area contributed by atoms with Gasteiger partial charge in [0.2, 0.25) is 0 Å². The zero-order chi connectivity index (χ0) is 13.2. The number of rotatable bonds is 3. The maximum absolute atomic E-state index is 14.0. The monoisotopic (exact) mass is 354 g/mol. The Morgan fingerprint density at radius 1 is 1.18 bits per heavy atom. The Morgan fingerprint density at radius 3 is 2.12 bits per heavy atom. The summed E-state index contributed by atoms with van der Waals surface area (Å²) in [4.78, 5) is 11.6. The van der Waals surface area contributed by atoms with Crippen LogP contribution in [0.5, 0.6) is 11.5 Å². The Hall–Kier alpha value is -1.05. The molecular formula is C11H12FIO4. The molecule has 94 valence electrons. The summed E-state index contributed by atoms with van der Waals surface area (Å²) in [6.07, 6.45) is 0. The van der Waals surface area contributed by atoms with E-state index in [9.17, 15) is 9.18 Å². The molecule has 0 saturated heterocycles. The molecule has 0 saturated carbocycles. The van der Waals surface area contributed by atoms with Crippen molar-refractivity contribution in [3.63, 3.8) is 0 Å². The zero-order valence-electron chi connectivity index (χ0n) is 9.89. The van der Waals surface area contributed by atoms with Gasteiger partial charge in [0.15, 0.2) is 17.3 Å². The highest BCUT2D eigenvalue weighted by Gasteiger charge is 2.26. The van der Waals surface area contributed by atoms with Crippen molar-refractivity contribution in [2.45, 2.75) is 6.92 Å². The van der Waals surface area contributed by atoms with E-state index in [0.717, 1.165) is 0 Å². The van der Waals surface area contributed by atoms with Gasteiger partial charge in [-0.15, -0.1) is 0 Å². The van der Waals surface area contributed by atoms with E-state index in [0.29, 0.717) is 5.56 Å². The topological polar surface area (TPSA) is 44.8 Å². The summed E-state index contributed by atoms with van der Waals surface area (Å²) >= 11 is 1.74. The largest absolute Gasteiger partial charge is 0.492 e. The normalized spacial score (nSPS) is 10.0. The van der Waals surface area contributed by atoms with Gasteiger partial charge < -0.3 is 14.2 Å². The molecule has 0 aliphatic heterocycles. The van der Waals surface area contributed by atoms with Gasteiger partial charge in [0.25, 0.3) is 0 Å². The first-order valence-corrected chi connectivity index (χ1v) is 5.75. The second-order valence-corrected chi connectivity index (χ2v) is 4.26. The first-order chi connectivity index (χ1) is 7.99. The van der Waals surface area contributed by atoms with Crippen LogP contribution in [0.15, 0.2) is 0 Å². The van der Waals surface area contributed by atoms with E-state index in [4.69, 9.17) is 9.47 Å². The van der Waals surface area contributed by atoms with Gasteiger partial charge in [-0.05, 0) is 29.5 Å². The Kier molecular flexibility index (Phi) is 4.55. The number of benzene rings is 1. The van der Waals surface area contributed by atoms with Crippen molar-refractivity contribution < 1.29 is 23.4 Å². The van der Waals surface area contributed by atoms with Crippen LogP contribution < -0.4 is 9.47 Å². The van der Waals surface area contributed by atoms with Crippen LogP contribution in [0, 0.1) is 16.3 Å². The summed E-state index contributed by atoms with van der Waals surface area (Å²) in [6.45, 7) is 1.65. The summed E-state index contributed by atoms with van der Waals surface area (Å²) in [5.41, 5.74) is 0.644. The second kappa shape index (κ2) is 5.52. The van der Waals surface area contributed by atoms with Crippen LogP contribution in [0.25, 0.3) is 0 Å². The molecule has 1 aromatic carbocycles. The van der Waals surface area contributed by atoms with E-state index in [2.05, 4.69) is 4.74 Å². The molecule has 0 amide bonds. The molecule has 0 bridgehead atoms. The summed E-state index contributed by atoms with van der Waals surface area (Å²) in [6, 6.07) is 0. The molecule has 0 unspecified atom stereocenters. The highest BCUT2D eigenvalue weighted by atomic mass is 127. The van der Waals surface area contributed by atoms with E-state index in [1.54, 1.807) is 29.5 Å². The van der Waals surface area contributed by atoms with Crippen LogP contribution in [0.3, 0.4) is 0 Å². The molecule has 0 aliphatic carbocycles. The molecule has 0 heterocycles. The van der Waals surface area contributed by atoms with Crippen molar-refractivity contribution >= 4 is 28.6 Å². The second-order valence-electron chi connectivity index (χ2n) is 3.19. The molecule has 17 heavy (non-hydrogen) atoms. The number of carbonyl (C=O) groups excluding carboxylic acids is 1. The third kappa shape index (κ3) is 2.31. The van der Waals surface area contributed by atoms with Gasteiger partial charge in [-0.1, -0.05) is 0 Å². The van der Waals surface area contributed by atoms with Crippen LogP contribution in [-0.2, 0) is 4.74 Å². The lowest BCUT2D eigenvalue weighted by Gasteiger charge is -2.16. The number of halogens is 2. The number of esters is 1. The van der Waals surface area contributed by atoms with Gasteiger partial charge in [-0.2, -0.15) is 0 Å². The maximum atomic E-state index is 14.0. The average molecular weight is 354 g/mol. The zero-order valence-corrected chi connectivity index (χ0v) is 12.0. The molecule has 0 spiro atoms. The number of carbonyl (C=O) groups is 1. The molecule has 0 aromatic heterocycles. The summed E-state index contributed by atoms with van der Waals surface area (Å²) in [7, 11) is 3.97. The molecule has 6 heteroatoms. The first kappa shape index (κ1) is 14.0. The van der Waals surface area contributed by atoms with E-state index in [1.165, 1.54) is 21.3 Å². The van der Waals surface area contributed by atoms with Crippen LogP contribution in [0.1, 0.15) is 15.9 Å². The Bertz CT molecular complexity index is 460. The standard InChI is InChI=1S/C11H12FIO4/c1-5-6(11(14)17-4)8(13)7(12)10(16-3)9(5)15-2/h1-4H3. The Balaban J connectivity index is 3.64. The quantitative estimate of drug-likeness (QED) is 0.618. The van der Waals surface area contributed by atoms with Crippen molar-refractivity contribution in [3.05, 3.63) is 20.5 Å². The fourth-order valence-corrected chi connectivity index (χ4v) is 2.40.